The molecular weight excluding hydrogens is 254 g/mol. The Morgan fingerprint density at radius 3 is 2.90 bits per heavy atom. The molecule has 0 aromatic carbocycles. The van der Waals surface area contributed by atoms with Gasteiger partial charge in [0.2, 0.25) is 0 Å². The molecule has 1 aliphatic rings. The standard InChI is InChI=1S/C15H19N3O2/c16-10-12-7-8-14(18-11-12)17-9-3-6-15(19)20-13-4-1-2-5-13/h7-8,11,13H,1-6,9H2,(H,17,18). The van der Waals surface area contributed by atoms with E-state index in [1.54, 1.807) is 12.1 Å². The molecule has 5 heteroatoms. The lowest BCUT2D eigenvalue weighted by Crippen LogP contribution is -2.15. The van der Waals surface area contributed by atoms with Crippen LogP contribution in [0.2, 0.25) is 0 Å². The van der Waals surface area contributed by atoms with Gasteiger partial charge in [-0.25, -0.2) is 4.98 Å². The summed E-state index contributed by atoms with van der Waals surface area (Å²) in [6.45, 7) is 0.665. The normalized spacial score (nSPS) is 14.8. The summed E-state index contributed by atoms with van der Waals surface area (Å²) in [5.74, 6) is 0.611. The third-order valence-electron chi connectivity index (χ3n) is 3.36. The molecule has 0 bridgehead atoms. The molecule has 0 amide bonds. The zero-order valence-corrected chi connectivity index (χ0v) is 11.5. The number of pyridine rings is 1. The van der Waals surface area contributed by atoms with E-state index in [1.807, 2.05) is 6.07 Å². The van der Waals surface area contributed by atoms with Crippen molar-refractivity contribution < 1.29 is 9.53 Å². The maximum Gasteiger partial charge on any atom is 0.306 e. The van der Waals surface area contributed by atoms with Gasteiger partial charge in [-0.1, -0.05) is 0 Å². The minimum Gasteiger partial charge on any atom is -0.462 e. The Labute approximate surface area is 119 Å². The minimum atomic E-state index is -0.105. The zero-order chi connectivity index (χ0) is 14.2. The first-order valence-corrected chi connectivity index (χ1v) is 7.07. The fraction of sp³-hybridized carbons (Fsp3) is 0.533. The van der Waals surface area contributed by atoms with E-state index in [2.05, 4.69) is 10.3 Å². The van der Waals surface area contributed by atoms with Crippen LogP contribution < -0.4 is 5.32 Å². The number of anilines is 1. The first kappa shape index (κ1) is 14.3. The third-order valence-corrected chi connectivity index (χ3v) is 3.36. The molecule has 5 nitrogen and oxygen atoms in total. The van der Waals surface area contributed by atoms with Crippen LogP contribution >= 0.6 is 0 Å². The van der Waals surface area contributed by atoms with E-state index < -0.39 is 0 Å². The average Bonchev–Trinajstić information content (AvgIpc) is 2.97. The summed E-state index contributed by atoms with van der Waals surface area (Å²) in [7, 11) is 0. The summed E-state index contributed by atoms with van der Waals surface area (Å²) >= 11 is 0. The van der Waals surface area contributed by atoms with Crippen LogP contribution in [0.15, 0.2) is 18.3 Å². The van der Waals surface area contributed by atoms with Crippen molar-refractivity contribution in [1.29, 1.82) is 5.26 Å². The molecule has 1 N–H and O–H groups in total. The number of nitrogens with one attached hydrogen (secondary N) is 1. The highest BCUT2D eigenvalue weighted by Crippen LogP contribution is 2.21. The summed E-state index contributed by atoms with van der Waals surface area (Å²) in [6.07, 6.45) is 7.19. The number of hydrogen-bond acceptors (Lipinski definition) is 5. The molecule has 0 radical (unpaired) electrons. The van der Waals surface area contributed by atoms with Crippen molar-refractivity contribution >= 4 is 11.8 Å². The maximum absolute atomic E-state index is 11.6. The molecule has 0 saturated heterocycles. The number of esters is 1. The Hall–Kier alpha value is -2.09. The van der Waals surface area contributed by atoms with Gasteiger partial charge in [-0.05, 0) is 44.2 Å². The Morgan fingerprint density at radius 1 is 1.45 bits per heavy atom. The van der Waals surface area contributed by atoms with Gasteiger partial charge in [0.15, 0.2) is 0 Å². The van der Waals surface area contributed by atoms with Gasteiger partial charge in [0.05, 0.1) is 5.56 Å². The van der Waals surface area contributed by atoms with Gasteiger partial charge in [-0.15, -0.1) is 0 Å². The molecule has 0 spiro atoms. The Kier molecular flexibility index (Phi) is 5.36. The second-order valence-electron chi connectivity index (χ2n) is 4.97. The van der Waals surface area contributed by atoms with Gasteiger partial charge < -0.3 is 10.1 Å². The molecule has 0 unspecified atom stereocenters. The molecule has 20 heavy (non-hydrogen) atoms. The summed E-state index contributed by atoms with van der Waals surface area (Å²) in [4.78, 5) is 15.7. The Balaban J connectivity index is 1.60. The van der Waals surface area contributed by atoms with E-state index in [4.69, 9.17) is 10.00 Å². The van der Waals surface area contributed by atoms with Crippen molar-refractivity contribution in [2.45, 2.75) is 44.6 Å². The van der Waals surface area contributed by atoms with E-state index in [1.165, 1.54) is 19.0 Å². The van der Waals surface area contributed by atoms with Crippen LogP contribution in [0, 0.1) is 11.3 Å². The number of nitriles is 1. The smallest absolute Gasteiger partial charge is 0.306 e. The number of rotatable bonds is 6. The number of nitrogens with zero attached hydrogens (tertiary/aromatic N) is 2. The van der Waals surface area contributed by atoms with E-state index in [0.717, 1.165) is 12.8 Å². The number of ether oxygens (including phenoxy) is 1. The van der Waals surface area contributed by atoms with Gasteiger partial charge in [-0.2, -0.15) is 5.26 Å². The highest BCUT2D eigenvalue weighted by molar-refractivity contribution is 5.69. The van der Waals surface area contributed by atoms with Crippen LogP contribution in [0.1, 0.15) is 44.1 Å². The van der Waals surface area contributed by atoms with Gasteiger partial charge in [0.1, 0.15) is 18.0 Å². The van der Waals surface area contributed by atoms with Crippen molar-refractivity contribution in [3.05, 3.63) is 23.9 Å². The summed E-state index contributed by atoms with van der Waals surface area (Å²) < 4.78 is 5.38. The van der Waals surface area contributed by atoms with Gasteiger partial charge in [0.25, 0.3) is 0 Å². The zero-order valence-electron chi connectivity index (χ0n) is 11.5. The quantitative estimate of drug-likeness (QED) is 0.637. The molecule has 1 aromatic rings. The van der Waals surface area contributed by atoms with Gasteiger partial charge in [0, 0.05) is 19.2 Å². The van der Waals surface area contributed by atoms with E-state index in [0.29, 0.717) is 30.8 Å². The molecule has 1 fully saturated rings. The monoisotopic (exact) mass is 273 g/mol. The summed E-state index contributed by atoms with van der Waals surface area (Å²) in [6, 6.07) is 5.49. The van der Waals surface area contributed by atoms with Crippen molar-refractivity contribution in [2.24, 2.45) is 0 Å². The highest BCUT2D eigenvalue weighted by Gasteiger charge is 2.18. The number of carbonyl (C=O) groups excluding carboxylic acids is 1. The topological polar surface area (TPSA) is 75.0 Å². The van der Waals surface area contributed by atoms with Crippen molar-refractivity contribution in [1.82, 2.24) is 4.98 Å². The summed E-state index contributed by atoms with van der Waals surface area (Å²) in [5, 5.41) is 11.8. The molecule has 1 aromatic heterocycles. The van der Waals surface area contributed by atoms with Gasteiger partial charge in [-0.3, -0.25) is 4.79 Å². The fourth-order valence-electron chi connectivity index (χ4n) is 2.26. The lowest BCUT2D eigenvalue weighted by atomic mass is 10.3. The molecule has 1 saturated carbocycles. The number of aromatic nitrogens is 1. The maximum atomic E-state index is 11.6. The number of hydrogen-bond donors (Lipinski definition) is 1. The fourth-order valence-corrected chi connectivity index (χ4v) is 2.26. The molecule has 0 atom stereocenters. The second kappa shape index (κ2) is 7.49. The Morgan fingerprint density at radius 2 is 2.25 bits per heavy atom. The van der Waals surface area contributed by atoms with E-state index >= 15 is 0 Å². The molecular formula is C15H19N3O2. The highest BCUT2D eigenvalue weighted by atomic mass is 16.5. The lowest BCUT2D eigenvalue weighted by Gasteiger charge is -2.11. The van der Waals surface area contributed by atoms with E-state index in [9.17, 15) is 4.79 Å². The second-order valence-corrected chi connectivity index (χ2v) is 4.97. The lowest BCUT2D eigenvalue weighted by molar-refractivity contribution is -0.148. The molecule has 1 heterocycles. The van der Waals surface area contributed by atoms with Crippen molar-refractivity contribution in [3.8, 4) is 6.07 Å². The number of carbonyl (C=O) groups is 1. The summed E-state index contributed by atoms with van der Waals surface area (Å²) in [5.41, 5.74) is 0.538. The van der Waals surface area contributed by atoms with Gasteiger partial charge >= 0.3 is 5.97 Å². The molecule has 0 aliphatic heterocycles. The van der Waals surface area contributed by atoms with Crippen molar-refractivity contribution in [2.75, 3.05) is 11.9 Å². The predicted octanol–water partition coefficient (Wildman–Crippen LogP) is 2.63. The SMILES string of the molecule is N#Cc1ccc(NCCCC(=O)OC2CCCC2)nc1. The van der Waals surface area contributed by atoms with Crippen LogP contribution in [0.3, 0.4) is 0 Å². The third kappa shape index (κ3) is 4.54. The van der Waals surface area contributed by atoms with Crippen molar-refractivity contribution in [3.63, 3.8) is 0 Å². The predicted molar refractivity (Wildman–Crippen MR) is 75.0 cm³/mol. The average molecular weight is 273 g/mol. The molecule has 106 valence electrons. The van der Waals surface area contributed by atoms with Crippen LogP contribution in [0.4, 0.5) is 5.82 Å². The van der Waals surface area contributed by atoms with Crippen LogP contribution in [-0.2, 0) is 9.53 Å². The van der Waals surface area contributed by atoms with E-state index in [-0.39, 0.29) is 12.1 Å². The first-order valence-electron chi connectivity index (χ1n) is 7.07. The Bertz CT molecular complexity index is 473. The first-order chi connectivity index (χ1) is 9.78. The minimum absolute atomic E-state index is 0.105. The molecule has 1 aliphatic carbocycles. The van der Waals surface area contributed by atoms with Crippen LogP contribution in [-0.4, -0.2) is 23.6 Å². The van der Waals surface area contributed by atoms with Crippen LogP contribution in [0.5, 0.6) is 0 Å². The van der Waals surface area contributed by atoms with Crippen LogP contribution in [0.25, 0.3) is 0 Å². The largest absolute Gasteiger partial charge is 0.462 e. The molecule has 2 rings (SSSR count).